The molecule has 2 fully saturated rings. The monoisotopic (exact) mass is 587 g/mol. The molecule has 1 aromatic heterocycles. The van der Waals surface area contributed by atoms with Crippen molar-refractivity contribution in [3.63, 3.8) is 0 Å². The SMILES string of the molecule is Cn1cc(C(=O)Nc2cc(F)c(CC(=O)C(F)(OC3CCC(C(=O)O)CC3)N3CCCC3)cc2Cl)c2ccccc21. The van der Waals surface area contributed by atoms with Crippen LogP contribution in [0.5, 0.6) is 0 Å². The Morgan fingerprint density at radius 2 is 1.80 bits per heavy atom. The van der Waals surface area contributed by atoms with E-state index >= 15 is 8.78 Å². The van der Waals surface area contributed by atoms with Gasteiger partial charge in [0, 0.05) is 43.7 Å². The van der Waals surface area contributed by atoms with Crippen molar-refractivity contribution in [2.24, 2.45) is 13.0 Å². The first-order valence-corrected chi connectivity index (χ1v) is 14.2. The largest absolute Gasteiger partial charge is 0.481 e. The van der Waals surface area contributed by atoms with Gasteiger partial charge in [-0.1, -0.05) is 29.8 Å². The molecular formula is C30H32ClF2N3O5. The van der Waals surface area contributed by atoms with Gasteiger partial charge < -0.3 is 19.7 Å². The quantitative estimate of drug-likeness (QED) is 0.311. The van der Waals surface area contributed by atoms with Crippen molar-refractivity contribution < 1.29 is 33.0 Å². The Balaban J connectivity index is 1.32. The molecule has 0 spiro atoms. The summed E-state index contributed by atoms with van der Waals surface area (Å²) in [5.74, 6) is -6.42. The van der Waals surface area contributed by atoms with Gasteiger partial charge in [0.1, 0.15) is 5.82 Å². The molecule has 1 saturated carbocycles. The zero-order valence-electron chi connectivity index (χ0n) is 22.7. The van der Waals surface area contributed by atoms with Crippen molar-refractivity contribution in [1.82, 2.24) is 9.47 Å². The number of aromatic nitrogens is 1. The number of carbonyl (C=O) groups is 3. The third kappa shape index (κ3) is 6.00. The highest BCUT2D eigenvalue weighted by molar-refractivity contribution is 6.34. The van der Waals surface area contributed by atoms with E-state index in [4.69, 9.17) is 16.3 Å². The van der Waals surface area contributed by atoms with Gasteiger partial charge >= 0.3 is 11.9 Å². The summed E-state index contributed by atoms with van der Waals surface area (Å²) in [5, 5.41) is 12.6. The van der Waals surface area contributed by atoms with Crippen LogP contribution in [0.1, 0.15) is 54.4 Å². The van der Waals surface area contributed by atoms with Gasteiger partial charge in [0.15, 0.2) is 0 Å². The fraction of sp³-hybridized carbons (Fsp3) is 0.433. The molecule has 5 rings (SSSR count). The lowest BCUT2D eigenvalue weighted by Gasteiger charge is -2.37. The van der Waals surface area contributed by atoms with Gasteiger partial charge in [-0.2, -0.15) is 4.39 Å². The van der Waals surface area contributed by atoms with Crippen LogP contribution in [0.3, 0.4) is 0 Å². The van der Waals surface area contributed by atoms with Crippen molar-refractivity contribution >= 4 is 45.9 Å². The highest BCUT2D eigenvalue weighted by Crippen LogP contribution is 2.35. The average molecular weight is 588 g/mol. The molecule has 8 nitrogen and oxygen atoms in total. The maximum Gasteiger partial charge on any atom is 0.330 e. The van der Waals surface area contributed by atoms with E-state index in [9.17, 15) is 19.5 Å². The topological polar surface area (TPSA) is 101 Å². The Morgan fingerprint density at radius 3 is 2.49 bits per heavy atom. The van der Waals surface area contributed by atoms with Crippen LogP contribution in [0.2, 0.25) is 5.02 Å². The molecule has 1 atom stereocenters. The minimum absolute atomic E-state index is 0.00123. The van der Waals surface area contributed by atoms with Gasteiger partial charge in [0.05, 0.1) is 28.3 Å². The number of carboxylic acids is 1. The Morgan fingerprint density at radius 1 is 1.12 bits per heavy atom. The number of aliphatic carboxylic acids is 1. The fourth-order valence-corrected chi connectivity index (χ4v) is 6.02. The maximum absolute atomic E-state index is 16.4. The normalized spacial score (nSPS) is 21.1. The van der Waals surface area contributed by atoms with E-state index in [2.05, 4.69) is 5.32 Å². The first-order chi connectivity index (χ1) is 19.6. The van der Waals surface area contributed by atoms with Crippen molar-refractivity contribution in [2.45, 2.75) is 57.0 Å². The summed E-state index contributed by atoms with van der Waals surface area (Å²) in [4.78, 5) is 39.0. The number of rotatable bonds is 9. The molecule has 0 bridgehead atoms. The number of halogens is 3. The van der Waals surface area contributed by atoms with Crippen molar-refractivity contribution in [3.05, 3.63) is 64.6 Å². The van der Waals surface area contributed by atoms with Crippen LogP contribution in [-0.2, 0) is 27.8 Å². The highest BCUT2D eigenvalue weighted by atomic mass is 35.5. The number of fused-ring (bicyclic) bond motifs is 1. The fourth-order valence-electron chi connectivity index (χ4n) is 5.78. The molecular weight excluding hydrogens is 556 g/mol. The molecule has 0 radical (unpaired) electrons. The minimum Gasteiger partial charge on any atom is -0.481 e. The van der Waals surface area contributed by atoms with E-state index in [-0.39, 0.29) is 16.3 Å². The number of amides is 1. The summed E-state index contributed by atoms with van der Waals surface area (Å²) < 4.78 is 39.3. The molecule has 1 unspecified atom stereocenters. The van der Waals surface area contributed by atoms with Crippen LogP contribution < -0.4 is 5.32 Å². The molecule has 2 heterocycles. The first kappa shape index (κ1) is 29.2. The highest BCUT2D eigenvalue weighted by Gasteiger charge is 2.49. The van der Waals surface area contributed by atoms with Crippen LogP contribution in [0.15, 0.2) is 42.6 Å². The zero-order chi connectivity index (χ0) is 29.3. The van der Waals surface area contributed by atoms with Gasteiger partial charge in [-0.25, -0.2) is 9.29 Å². The molecule has 2 aliphatic rings. The van der Waals surface area contributed by atoms with Crippen LogP contribution in [-0.4, -0.2) is 57.4 Å². The number of benzene rings is 2. The Hall–Kier alpha value is -3.34. The molecule has 1 aliphatic carbocycles. The smallest absolute Gasteiger partial charge is 0.330 e. The summed E-state index contributed by atoms with van der Waals surface area (Å²) in [7, 11) is 1.81. The second-order valence-corrected chi connectivity index (χ2v) is 11.2. The Kier molecular flexibility index (Phi) is 8.45. The number of carbonyl (C=O) groups excluding carboxylic acids is 2. The van der Waals surface area contributed by atoms with Crippen molar-refractivity contribution in [3.8, 4) is 0 Å². The number of nitrogens with zero attached hydrogens (tertiary/aromatic N) is 2. The summed E-state index contributed by atoms with van der Waals surface area (Å²) >= 11 is 6.39. The zero-order valence-corrected chi connectivity index (χ0v) is 23.4. The summed E-state index contributed by atoms with van der Waals surface area (Å²) in [6, 6.07) is 9.61. The van der Waals surface area contributed by atoms with E-state index in [0.29, 0.717) is 57.2 Å². The van der Waals surface area contributed by atoms with Crippen molar-refractivity contribution in [1.29, 1.82) is 0 Å². The Bertz CT molecular complexity index is 1480. The lowest BCUT2D eigenvalue weighted by molar-refractivity contribution is -0.252. The number of anilines is 1. The summed E-state index contributed by atoms with van der Waals surface area (Å²) in [6.45, 7) is 0.629. The van der Waals surface area contributed by atoms with E-state index in [1.807, 2.05) is 35.9 Å². The number of alkyl halides is 1. The van der Waals surface area contributed by atoms with E-state index < -0.39 is 47.9 Å². The standard InChI is InChI=1S/C30H32ClF2N3O5/c1-35-17-22(21-6-2-3-7-26(21)35)28(38)34-25-16-24(32)19(14-23(25)31)15-27(37)30(33,36-12-4-5-13-36)41-20-10-8-18(9-11-20)29(39)40/h2-3,6-7,14,16-18,20H,4-5,8-13,15H2,1H3,(H,34,38)(H,39,40). The molecule has 11 heteroatoms. The van der Waals surface area contributed by atoms with E-state index in [1.165, 1.54) is 11.0 Å². The number of para-hydroxylation sites is 1. The Labute approximate surface area is 241 Å². The number of hydrogen-bond donors (Lipinski definition) is 2. The molecule has 3 aromatic rings. The van der Waals surface area contributed by atoms with Crippen molar-refractivity contribution in [2.75, 3.05) is 18.4 Å². The summed E-state index contributed by atoms with van der Waals surface area (Å²) in [6.07, 6.45) is 3.12. The summed E-state index contributed by atoms with van der Waals surface area (Å²) in [5.41, 5.74) is 1.15. The third-order valence-corrected chi connectivity index (χ3v) is 8.39. The lowest BCUT2D eigenvalue weighted by atomic mass is 9.87. The number of ketones is 1. The van der Waals surface area contributed by atoms with Gasteiger partial charge in [-0.3, -0.25) is 14.4 Å². The van der Waals surface area contributed by atoms with Gasteiger partial charge in [-0.15, -0.1) is 0 Å². The second-order valence-electron chi connectivity index (χ2n) is 10.8. The van der Waals surface area contributed by atoms with Crippen LogP contribution >= 0.6 is 11.6 Å². The molecule has 2 N–H and O–H groups in total. The third-order valence-electron chi connectivity index (χ3n) is 8.08. The van der Waals surface area contributed by atoms with E-state index in [1.54, 1.807) is 6.20 Å². The van der Waals surface area contributed by atoms with E-state index in [0.717, 1.165) is 17.0 Å². The van der Waals surface area contributed by atoms with Crippen LogP contribution in [0.25, 0.3) is 10.9 Å². The van der Waals surface area contributed by atoms with Gasteiger partial charge in [0.2, 0.25) is 5.78 Å². The predicted octanol–water partition coefficient (Wildman–Crippen LogP) is 5.71. The second kappa shape index (κ2) is 11.9. The molecule has 2 aromatic carbocycles. The number of aryl methyl sites for hydroxylation is 1. The lowest BCUT2D eigenvalue weighted by Crippen LogP contribution is -2.54. The van der Waals surface area contributed by atoms with Gasteiger partial charge in [-0.05, 0) is 62.3 Å². The molecule has 218 valence electrons. The predicted molar refractivity (Wildman–Crippen MR) is 150 cm³/mol. The number of ether oxygens (including phenoxy) is 1. The van der Waals surface area contributed by atoms with Crippen LogP contribution in [0.4, 0.5) is 14.5 Å². The minimum atomic E-state index is -2.77. The number of Topliss-reactive ketones (excluding diaryl/α,β-unsaturated/α-hetero) is 1. The van der Waals surface area contributed by atoms with Gasteiger partial charge in [0.25, 0.3) is 5.91 Å². The number of carboxylic acid groups (broad SMARTS) is 1. The first-order valence-electron chi connectivity index (χ1n) is 13.8. The average Bonchev–Trinajstić information content (AvgIpc) is 3.61. The van der Waals surface area contributed by atoms with Crippen LogP contribution in [0, 0.1) is 11.7 Å². The number of hydrogen-bond acceptors (Lipinski definition) is 5. The number of nitrogens with one attached hydrogen (secondary N) is 1. The number of likely N-dealkylation sites (tertiary alicyclic amines) is 1. The maximum atomic E-state index is 16.4. The molecule has 41 heavy (non-hydrogen) atoms. The molecule has 1 amide bonds. The molecule has 1 saturated heterocycles. The molecule has 1 aliphatic heterocycles.